The minimum absolute atomic E-state index is 0.00393. The fraction of sp³-hybridized carbons (Fsp3) is 0.667. The van der Waals surface area contributed by atoms with Crippen molar-refractivity contribution in [2.24, 2.45) is 5.92 Å². The van der Waals surface area contributed by atoms with Crippen LogP contribution in [-0.2, 0) is 0 Å². The summed E-state index contributed by atoms with van der Waals surface area (Å²) in [7, 11) is 0. The number of halogens is 4. The zero-order chi connectivity index (χ0) is 23.1. The third kappa shape index (κ3) is 3.07. The Hall–Kier alpha value is -1.87. The van der Waals surface area contributed by atoms with Crippen molar-refractivity contribution in [2.45, 2.75) is 56.0 Å². The largest absolute Gasteiger partial charge is 0.461 e. The van der Waals surface area contributed by atoms with Crippen LogP contribution in [0.3, 0.4) is 0 Å². The molecule has 0 spiro atoms. The molecule has 1 saturated carbocycles. The van der Waals surface area contributed by atoms with Gasteiger partial charge in [-0.05, 0) is 32.2 Å². The van der Waals surface area contributed by atoms with Crippen LogP contribution in [0.25, 0.3) is 10.9 Å². The quantitative estimate of drug-likeness (QED) is 0.655. The summed E-state index contributed by atoms with van der Waals surface area (Å²) < 4.78 is 66.7. The molecule has 6 rings (SSSR count). The first-order chi connectivity index (χ1) is 15.7. The fourth-order valence-electron chi connectivity index (χ4n) is 5.61. The third-order valence-corrected chi connectivity index (χ3v) is 7.40. The average Bonchev–Trinajstić information content (AvgIpc) is 3.09. The summed E-state index contributed by atoms with van der Waals surface area (Å²) in [4.78, 5) is 16.0. The van der Waals surface area contributed by atoms with Gasteiger partial charge in [-0.3, -0.25) is 4.90 Å². The van der Waals surface area contributed by atoms with Gasteiger partial charge in [-0.1, -0.05) is 11.6 Å². The molecule has 31 heavy (non-hydrogen) atoms. The van der Waals surface area contributed by atoms with Gasteiger partial charge in [0.05, 0.1) is 19.7 Å². The summed E-state index contributed by atoms with van der Waals surface area (Å²) in [5.41, 5.74) is -1.31. The molecule has 0 amide bonds. The van der Waals surface area contributed by atoms with Crippen LogP contribution in [0, 0.1) is 11.7 Å². The summed E-state index contributed by atoms with van der Waals surface area (Å²) >= 11 is 5.88. The molecule has 3 aliphatic heterocycles. The number of pyridine rings is 1. The Labute approximate surface area is 185 Å². The maximum atomic E-state index is 14.9. The lowest BCUT2D eigenvalue weighted by Crippen LogP contribution is -2.43. The highest BCUT2D eigenvalue weighted by atomic mass is 35.5. The minimum atomic E-state index is -2.32. The van der Waals surface area contributed by atoms with E-state index >= 15 is 0 Å². The number of alkyl halides is 2. The molecule has 0 unspecified atom stereocenters. The molecule has 0 N–H and O–H groups in total. The third-order valence-electron chi connectivity index (χ3n) is 7.14. The van der Waals surface area contributed by atoms with E-state index in [1.807, 2.05) is 0 Å². The van der Waals surface area contributed by atoms with Crippen molar-refractivity contribution >= 4 is 28.3 Å². The Morgan fingerprint density at radius 1 is 1.29 bits per heavy atom. The van der Waals surface area contributed by atoms with E-state index in [-0.39, 0.29) is 52.8 Å². The highest BCUT2D eigenvalue weighted by Crippen LogP contribution is 2.48. The number of nitrogens with zero attached hydrogens (tertiary/aromatic N) is 5. The Morgan fingerprint density at radius 2 is 2.16 bits per heavy atom. The van der Waals surface area contributed by atoms with E-state index in [4.69, 9.17) is 19.1 Å². The van der Waals surface area contributed by atoms with Crippen LogP contribution in [0.5, 0.6) is 6.01 Å². The zero-order valence-corrected chi connectivity index (χ0v) is 17.5. The van der Waals surface area contributed by atoms with Crippen LogP contribution in [0.1, 0.15) is 34.8 Å². The molecule has 166 valence electrons. The van der Waals surface area contributed by atoms with Gasteiger partial charge in [0.25, 0.3) is 0 Å². The van der Waals surface area contributed by atoms with Crippen LogP contribution in [0.2, 0.25) is 5.15 Å². The van der Waals surface area contributed by atoms with E-state index in [0.29, 0.717) is 19.5 Å². The maximum absolute atomic E-state index is 14.9. The molecule has 2 aromatic rings. The number of fused-ring (bicyclic) bond motifs is 3. The van der Waals surface area contributed by atoms with E-state index in [1.54, 1.807) is 9.80 Å². The van der Waals surface area contributed by atoms with Crippen LogP contribution in [0.15, 0.2) is 6.20 Å². The van der Waals surface area contributed by atoms with Crippen molar-refractivity contribution in [1.82, 2.24) is 19.9 Å². The first-order valence-corrected chi connectivity index (χ1v) is 11.1. The van der Waals surface area contributed by atoms with E-state index in [9.17, 15) is 13.2 Å². The SMILES string of the molecule is [2H]C([2H])(Oc1nc(N2CCC[C@@H]3[C@H](F)[C@@H]32)c2cnc(Cl)c(F)c2n1)[C@@]12CCCN1C[C@H](F)C2. The molecular formula is C21H23ClF3N5O. The van der Waals surface area contributed by atoms with Gasteiger partial charge in [0, 0.05) is 31.6 Å². The van der Waals surface area contributed by atoms with Gasteiger partial charge in [-0.15, -0.1) is 0 Å². The Morgan fingerprint density at radius 3 is 3.03 bits per heavy atom. The van der Waals surface area contributed by atoms with Crippen molar-refractivity contribution in [3.8, 4) is 6.01 Å². The number of piperidine rings is 1. The number of aromatic nitrogens is 3. The van der Waals surface area contributed by atoms with Gasteiger partial charge >= 0.3 is 6.01 Å². The summed E-state index contributed by atoms with van der Waals surface area (Å²) in [6.07, 6.45) is 1.89. The van der Waals surface area contributed by atoms with Crippen LogP contribution < -0.4 is 9.64 Å². The second-order valence-electron chi connectivity index (χ2n) is 8.98. The van der Waals surface area contributed by atoms with Gasteiger partial charge in [-0.25, -0.2) is 18.2 Å². The molecule has 4 fully saturated rings. The van der Waals surface area contributed by atoms with Gasteiger partial charge < -0.3 is 9.64 Å². The highest BCUT2D eigenvalue weighted by molar-refractivity contribution is 6.30. The summed E-state index contributed by atoms with van der Waals surface area (Å²) in [6.45, 7) is -1.07. The number of ether oxygens (including phenoxy) is 1. The molecule has 2 aromatic heterocycles. The Bertz CT molecular complexity index is 1130. The van der Waals surface area contributed by atoms with E-state index in [2.05, 4.69) is 15.0 Å². The smallest absolute Gasteiger partial charge is 0.319 e. The molecule has 1 aliphatic carbocycles. The molecule has 3 saturated heterocycles. The van der Waals surface area contributed by atoms with Crippen molar-refractivity contribution < 1.29 is 20.6 Å². The second kappa shape index (κ2) is 7.07. The van der Waals surface area contributed by atoms with Crippen molar-refractivity contribution in [3.05, 3.63) is 17.2 Å². The molecule has 0 aromatic carbocycles. The summed E-state index contributed by atoms with van der Waals surface area (Å²) in [5.74, 6) is -0.732. The van der Waals surface area contributed by atoms with Gasteiger partial charge in [-0.2, -0.15) is 9.97 Å². The molecule has 4 aliphatic rings. The first kappa shape index (κ1) is 17.7. The second-order valence-corrected chi connectivity index (χ2v) is 9.33. The monoisotopic (exact) mass is 455 g/mol. The summed E-state index contributed by atoms with van der Waals surface area (Å²) in [5, 5.41) is -0.126. The Kier molecular flexibility index (Phi) is 4.03. The molecule has 0 radical (unpaired) electrons. The first-order valence-electron chi connectivity index (χ1n) is 11.7. The van der Waals surface area contributed by atoms with Crippen LogP contribution in [0.4, 0.5) is 19.0 Å². The van der Waals surface area contributed by atoms with Gasteiger partial charge in [0.2, 0.25) is 0 Å². The van der Waals surface area contributed by atoms with E-state index < -0.39 is 30.3 Å². The maximum Gasteiger partial charge on any atom is 0.319 e. The molecular weight excluding hydrogens is 431 g/mol. The normalized spacial score (nSPS) is 36.2. The number of anilines is 1. The molecule has 6 nitrogen and oxygen atoms in total. The van der Waals surface area contributed by atoms with Gasteiger partial charge in [0.15, 0.2) is 11.0 Å². The predicted octanol–water partition coefficient (Wildman–Crippen LogP) is 3.71. The predicted molar refractivity (Wildman–Crippen MR) is 110 cm³/mol. The highest BCUT2D eigenvalue weighted by Gasteiger charge is 2.57. The average molecular weight is 456 g/mol. The van der Waals surface area contributed by atoms with Crippen LogP contribution in [-0.4, -0.2) is 70.0 Å². The number of hydrogen-bond acceptors (Lipinski definition) is 6. The van der Waals surface area contributed by atoms with Crippen molar-refractivity contribution in [1.29, 1.82) is 0 Å². The number of hydrogen-bond donors (Lipinski definition) is 0. The standard InChI is InChI=1S/C21H23ClF3N5O/c22-18-15(25)16-13(8-26-18)19(30-6-1-3-12-14(24)17(12)30)28-20(27-16)31-10-21-4-2-5-29(21)9-11(23)7-21/h8,11-12,14,17H,1-7,9-10H2/t11-,12-,14+,17-,21+/m1/s1/i10D2. The minimum Gasteiger partial charge on any atom is -0.461 e. The van der Waals surface area contributed by atoms with Gasteiger partial charge in [0.1, 0.15) is 30.2 Å². The lowest BCUT2D eigenvalue weighted by Gasteiger charge is -2.31. The molecule has 5 atom stereocenters. The topological polar surface area (TPSA) is 54.4 Å². The lowest BCUT2D eigenvalue weighted by molar-refractivity contribution is 0.107. The lowest BCUT2D eigenvalue weighted by atomic mass is 9.95. The van der Waals surface area contributed by atoms with Crippen LogP contribution >= 0.6 is 11.6 Å². The van der Waals surface area contributed by atoms with E-state index in [0.717, 1.165) is 19.3 Å². The molecule has 0 bridgehead atoms. The number of rotatable bonds is 4. The van der Waals surface area contributed by atoms with Crippen molar-refractivity contribution in [3.63, 3.8) is 0 Å². The van der Waals surface area contributed by atoms with E-state index in [1.165, 1.54) is 6.20 Å². The fourth-order valence-corrected chi connectivity index (χ4v) is 5.74. The molecule has 5 heterocycles. The summed E-state index contributed by atoms with van der Waals surface area (Å²) in [6, 6.07) is -0.753. The molecule has 10 heteroatoms. The Balaban J connectivity index is 1.43. The zero-order valence-electron chi connectivity index (χ0n) is 18.7. The van der Waals surface area contributed by atoms with Crippen molar-refractivity contribution in [2.75, 3.05) is 31.1 Å².